The Labute approximate surface area is 87.7 Å². The molecule has 1 aromatic carbocycles. The molecule has 4 heteroatoms. The molecule has 0 aliphatic heterocycles. The summed E-state index contributed by atoms with van der Waals surface area (Å²) in [7, 11) is 0. The zero-order valence-corrected chi connectivity index (χ0v) is 8.04. The molecule has 15 heavy (non-hydrogen) atoms. The third kappa shape index (κ3) is 2.87. The van der Waals surface area contributed by atoms with Gasteiger partial charge in [-0.1, -0.05) is 30.3 Å². The van der Waals surface area contributed by atoms with Crippen LogP contribution in [0.3, 0.4) is 0 Å². The molecule has 1 N–H and O–H groups in total. The molecule has 74 valence electrons. The van der Waals surface area contributed by atoms with Crippen molar-refractivity contribution in [2.45, 2.75) is 0 Å². The maximum absolute atomic E-state index is 4.03. The van der Waals surface area contributed by atoms with Crippen molar-refractivity contribution in [2.75, 3.05) is 5.43 Å². The summed E-state index contributed by atoms with van der Waals surface area (Å²) in [5, 5.41) is 4.03. The van der Waals surface area contributed by atoms with Gasteiger partial charge in [-0.05, 0) is 5.56 Å². The van der Waals surface area contributed by atoms with Crippen LogP contribution in [0.1, 0.15) is 5.56 Å². The first-order valence-electron chi connectivity index (χ1n) is 4.55. The second-order valence-electron chi connectivity index (χ2n) is 2.87. The minimum absolute atomic E-state index is 0.629. The highest BCUT2D eigenvalue weighted by molar-refractivity contribution is 5.79. The van der Waals surface area contributed by atoms with Crippen molar-refractivity contribution in [3.05, 3.63) is 54.5 Å². The van der Waals surface area contributed by atoms with Crippen LogP contribution in [-0.4, -0.2) is 16.2 Å². The SMILES string of the molecule is C(=NNc1cnccn1)c1ccccc1. The van der Waals surface area contributed by atoms with E-state index in [1.165, 1.54) is 0 Å². The van der Waals surface area contributed by atoms with Crippen molar-refractivity contribution in [1.82, 2.24) is 9.97 Å². The molecule has 0 radical (unpaired) electrons. The van der Waals surface area contributed by atoms with Crippen LogP contribution < -0.4 is 5.43 Å². The van der Waals surface area contributed by atoms with E-state index in [-0.39, 0.29) is 0 Å². The lowest BCUT2D eigenvalue weighted by Crippen LogP contribution is -1.93. The molecule has 0 aliphatic carbocycles. The number of benzene rings is 1. The van der Waals surface area contributed by atoms with E-state index in [1.807, 2.05) is 30.3 Å². The van der Waals surface area contributed by atoms with Crippen LogP contribution in [0.4, 0.5) is 5.82 Å². The summed E-state index contributed by atoms with van der Waals surface area (Å²) >= 11 is 0. The summed E-state index contributed by atoms with van der Waals surface area (Å²) < 4.78 is 0. The van der Waals surface area contributed by atoms with E-state index in [9.17, 15) is 0 Å². The van der Waals surface area contributed by atoms with Crippen LogP contribution in [-0.2, 0) is 0 Å². The Kier molecular flexibility index (Phi) is 3.02. The van der Waals surface area contributed by atoms with Gasteiger partial charge < -0.3 is 0 Å². The third-order valence-corrected chi connectivity index (χ3v) is 1.76. The molecule has 0 amide bonds. The van der Waals surface area contributed by atoms with E-state index in [0.29, 0.717) is 5.82 Å². The standard InChI is InChI=1S/C11H10N4/c1-2-4-10(5-3-1)8-14-15-11-9-12-6-7-13-11/h1-9H,(H,13,15). The largest absolute Gasteiger partial charge is 0.260 e. The molecule has 0 saturated heterocycles. The van der Waals surface area contributed by atoms with Crippen LogP contribution >= 0.6 is 0 Å². The van der Waals surface area contributed by atoms with Gasteiger partial charge >= 0.3 is 0 Å². The van der Waals surface area contributed by atoms with E-state index in [1.54, 1.807) is 24.8 Å². The molecule has 2 aromatic rings. The Balaban J connectivity index is 1.97. The molecular formula is C11H10N4. The summed E-state index contributed by atoms with van der Waals surface area (Å²) in [4.78, 5) is 7.93. The first kappa shape index (κ1) is 9.33. The lowest BCUT2D eigenvalue weighted by molar-refractivity contribution is 1.16. The van der Waals surface area contributed by atoms with Crippen molar-refractivity contribution >= 4 is 12.0 Å². The van der Waals surface area contributed by atoms with Gasteiger partial charge in [0.15, 0.2) is 5.82 Å². The lowest BCUT2D eigenvalue weighted by Gasteiger charge is -1.96. The Hall–Kier alpha value is -2.23. The van der Waals surface area contributed by atoms with Crippen LogP contribution in [0.15, 0.2) is 54.0 Å². The Morgan fingerprint density at radius 2 is 2.00 bits per heavy atom. The lowest BCUT2D eigenvalue weighted by atomic mass is 10.2. The second-order valence-corrected chi connectivity index (χ2v) is 2.87. The highest BCUT2D eigenvalue weighted by Gasteiger charge is 1.87. The Bertz CT molecular complexity index is 425. The average molecular weight is 198 g/mol. The van der Waals surface area contributed by atoms with E-state index < -0.39 is 0 Å². The number of hydrogen-bond acceptors (Lipinski definition) is 4. The molecule has 0 saturated carbocycles. The molecule has 0 atom stereocenters. The van der Waals surface area contributed by atoms with Gasteiger partial charge in [0.25, 0.3) is 0 Å². The fourth-order valence-corrected chi connectivity index (χ4v) is 1.07. The smallest absolute Gasteiger partial charge is 0.164 e. The molecule has 2 rings (SSSR count). The number of hydrazone groups is 1. The highest BCUT2D eigenvalue weighted by atomic mass is 15.3. The molecule has 0 bridgehead atoms. The van der Waals surface area contributed by atoms with Crippen LogP contribution in [0, 0.1) is 0 Å². The predicted molar refractivity (Wildman–Crippen MR) is 59.7 cm³/mol. The van der Waals surface area contributed by atoms with Gasteiger partial charge in [-0.25, -0.2) is 4.98 Å². The number of hydrogen-bond donors (Lipinski definition) is 1. The van der Waals surface area contributed by atoms with Gasteiger partial charge in [0.2, 0.25) is 0 Å². The highest BCUT2D eigenvalue weighted by Crippen LogP contribution is 1.97. The predicted octanol–water partition coefficient (Wildman–Crippen LogP) is 1.92. The molecule has 0 unspecified atom stereocenters. The van der Waals surface area contributed by atoms with Gasteiger partial charge in [-0.2, -0.15) is 5.10 Å². The molecular weight excluding hydrogens is 188 g/mol. The maximum atomic E-state index is 4.03. The van der Waals surface area contributed by atoms with Crippen LogP contribution in [0.25, 0.3) is 0 Å². The summed E-state index contributed by atoms with van der Waals surface area (Å²) in [6.45, 7) is 0. The molecule has 0 aliphatic rings. The van der Waals surface area contributed by atoms with Crippen molar-refractivity contribution in [2.24, 2.45) is 5.10 Å². The fraction of sp³-hybridized carbons (Fsp3) is 0. The van der Waals surface area contributed by atoms with E-state index in [4.69, 9.17) is 0 Å². The summed E-state index contributed by atoms with van der Waals surface area (Å²) in [5.74, 6) is 0.629. The van der Waals surface area contributed by atoms with Crippen molar-refractivity contribution in [1.29, 1.82) is 0 Å². The zero-order chi connectivity index (χ0) is 10.3. The molecule has 1 aromatic heterocycles. The van der Waals surface area contributed by atoms with Crippen LogP contribution in [0.5, 0.6) is 0 Å². The maximum Gasteiger partial charge on any atom is 0.164 e. The fourth-order valence-electron chi connectivity index (χ4n) is 1.07. The quantitative estimate of drug-likeness (QED) is 0.605. The molecule has 4 nitrogen and oxygen atoms in total. The summed E-state index contributed by atoms with van der Waals surface area (Å²) in [6.07, 6.45) is 6.57. The Morgan fingerprint density at radius 3 is 2.73 bits per heavy atom. The van der Waals surface area contributed by atoms with E-state index >= 15 is 0 Å². The van der Waals surface area contributed by atoms with Gasteiger partial charge in [0, 0.05) is 12.4 Å². The van der Waals surface area contributed by atoms with Gasteiger partial charge in [0.1, 0.15) is 0 Å². The average Bonchev–Trinajstić information content (AvgIpc) is 2.32. The van der Waals surface area contributed by atoms with E-state index in [2.05, 4.69) is 20.5 Å². The van der Waals surface area contributed by atoms with Gasteiger partial charge in [0.05, 0.1) is 12.4 Å². The molecule has 0 spiro atoms. The Morgan fingerprint density at radius 1 is 1.13 bits per heavy atom. The molecule has 1 heterocycles. The first-order valence-corrected chi connectivity index (χ1v) is 4.55. The van der Waals surface area contributed by atoms with Crippen molar-refractivity contribution in [3.63, 3.8) is 0 Å². The topological polar surface area (TPSA) is 50.2 Å². The zero-order valence-electron chi connectivity index (χ0n) is 8.04. The summed E-state index contributed by atoms with van der Waals surface area (Å²) in [5.41, 5.74) is 3.82. The van der Waals surface area contributed by atoms with Crippen LogP contribution in [0.2, 0.25) is 0 Å². The van der Waals surface area contributed by atoms with E-state index in [0.717, 1.165) is 5.56 Å². The number of rotatable bonds is 3. The van der Waals surface area contributed by atoms with Gasteiger partial charge in [-0.3, -0.25) is 10.4 Å². The summed E-state index contributed by atoms with van der Waals surface area (Å²) in [6, 6.07) is 9.84. The first-order chi connectivity index (χ1) is 7.45. The monoisotopic (exact) mass is 198 g/mol. The molecule has 0 fully saturated rings. The number of nitrogens with one attached hydrogen (secondary N) is 1. The number of nitrogens with zero attached hydrogens (tertiary/aromatic N) is 3. The third-order valence-electron chi connectivity index (χ3n) is 1.76. The van der Waals surface area contributed by atoms with Crippen molar-refractivity contribution < 1.29 is 0 Å². The minimum Gasteiger partial charge on any atom is -0.260 e. The second kappa shape index (κ2) is 4.85. The van der Waals surface area contributed by atoms with Crippen molar-refractivity contribution in [3.8, 4) is 0 Å². The van der Waals surface area contributed by atoms with Gasteiger partial charge in [-0.15, -0.1) is 0 Å². The number of aromatic nitrogens is 2. The minimum atomic E-state index is 0.629. The number of anilines is 1. The normalized spacial score (nSPS) is 10.4.